The van der Waals surface area contributed by atoms with Crippen molar-refractivity contribution in [3.8, 4) is 35.3 Å². The second kappa shape index (κ2) is 9.26. The van der Waals surface area contributed by atoms with Gasteiger partial charge in [0.05, 0.1) is 0 Å². The maximum Gasteiger partial charge on any atom is 0.331 e. The standard InChI is InChI=1S/C25H23N3O3/c1-4-19-10-7-13-22(16-19)31-25-27-23(29-20-11-5-8-17(2)14-20)26-24(28-25)30-21-12-6-9-18(3)15-21/h5-16H,4H2,1-3H3. The van der Waals surface area contributed by atoms with E-state index in [1.54, 1.807) is 0 Å². The molecule has 0 radical (unpaired) electrons. The summed E-state index contributed by atoms with van der Waals surface area (Å²) in [5.74, 6) is 1.87. The predicted molar refractivity (Wildman–Crippen MR) is 118 cm³/mol. The van der Waals surface area contributed by atoms with Crippen LogP contribution in [-0.2, 0) is 6.42 Å². The molecule has 31 heavy (non-hydrogen) atoms. The first-order valence-electron chi connectivity index (χ1n) is 10.1. The van der Waals surface area contributed by atoms with E-state index in [1.807, 2.05) is 86.6 Å². The Balaban J connectivity index is 1.66. The molecule has 156 valence electrons. The van der Waals surface area contributed by atoms with Gasteiger partial charge in [-0.05, 0) is 73.4 Å². The zero-order chi connectivity index (χ0) is 21.6. The van der Waals surface area contributed by atoms with Crippen LogP contribution in [0, 0.1) is 13.8 Å². The summed E-state index contributed by atoms with van der Waals surface area (Å²) >= 11 is 0. The average molecular weight is 413 g/mol. The van der Waals surface area contributed by atoms with Gasteiger partial charge >= 0.3 is 18.0 Å². The Morgan fingerprint density at radius 2 is 1.00 bits per heavy atom. The van der Waals surface area contributed by atoms with Crippen molar-refractivity contribution in [2.24, 2.45) is 0 Å². The lowest BCUT2D eigenvalue weighted by Gasteiger charge is -2.10. The molecule has 0 spiro atoms. The van der Waals surface area contributed by atoms with Crippen molar-refractivity contribution >= 4 is 0 Å². The quantitative estimate of drug-likeness (QED) is 0.348. The van der Waals surface area contributed by atoms with Crippen LogP contribution in [0.2, 0.25) is 0 Å². The highest BCUT2D eigenvalue weighted by atomic mass is 16.5. The van der Waals surface area contributed by atoms with Gasteiger partial charge < -0.3 is 14.2 Å². The maximum absolute atomic E-state index is 5.90. The van der Waals surface area contributed by atoms with E-state index in [9.17, 15) is 0 Å². The van der Waals surface area contributed by atoms with Gasteiger partial charge in [-0.1, -0.05) is 43.3 Å². The van der Waals surface area contributed by atoms with Gasteiger partial charge in [-0.3, -0.25) is 0 Å². The van der Waals surface area contributed by atoms with Gasteiger partial charge in [-0.2, -0.15) is 0 Å². The SMILES string of the molecule is CCc1cccc(Oc2nc(Oc3cccc(C)c3)nc(Oc3cccc(C)c3)n2)c1. The number of rotatable bonds is 7. The zero-order valence-corrected chi connectivity index (χ0v) is 17.7. The molecule has 0 amide bonds. The summed E-state index contributed by atoms with van der Waals surface area (Å²) in [4.78, 5) is 13.0. The van der Waals surface area contributed by atoms with Gasteiger partial charge in [0.15, 0.2) is 0 Å². The highest BCUT2D eigenvalue weighted by Crippen LogP contribution is 2.27. The number of benzene rings is 3. The highest BCUT2D eigenvalue weighted by molar-refractivity contribution is 5.33. The third-order valence-corrected chi connectivity index (χ3v) is 4.49. The van der Waals surface area contributed by atoms with Crippen LogP contribution < -0.4 is 14.2 Å². The van der Waals surface area contributed by atoms with Crippen LogP contribution in [0.3, 0.4) is 0 Å². The Labute approximate surface area is 181 Å². The molecule has 0 N–H and O–H groups in total. The van der Waals surface area contributed by atoms with Crippen LogP contribution >= 0.6 is 0 Å². The van der Waals surface area contributed by atoms with Crippen molar-refractivity contribution in [1.29, 1.82) is 0 Å². The van der Waals surface area contributed by atoms with Crippen LogP contribution in [0.5, 0.6) is 35.3 Å². The summed E-state index contributed by atoms with van der Waals surface area (Å²) in [5.41, 5.74) is 3.28. The fourth-order valence-corrected chi connectivity index (χ4v) is 2.96. The largest absolute Gasteiger partial charge is 0.424 e. The molecule has 1 heterocycles. The molecule has 4 aromatic rings. The Kier molecular flexibility index (Phi) is 6.08. The lowest BCUT2D eigenvalue weighted by Crippen LogP contribution is -2.01. The Morgan fingerprint density at radius 3 is 1.42 bits per heavy atom. The molecule has 0 aliphatic carbocycles. The van der Waals surface area contributed by atoms with E-state index in [-0.39, 0.29) is 18.0 Å². The second-order valence-corrected chi connectivity index (χ2v) is 7.12. The van der Waals surface area contributed by atoms with Crippen LogP contribution in [0.4, 0.5) is 0 Å². The molecule has 0 saturated heterocycles. The molecular weight excluding hydrogens is 390 g/mol. The number of hydrogen-bond acceptors (Lipinski definition) is 6. The minimum absolute atomic E-state index is 0.0879. The minimum atomic E-state index is 0.0879. The molecule has 0 unspecified atom stereocenters. The molecule has 3 aromatic carbocycles. The molecule has 1 aromatic heterocycles. The molecule has 0 bridgehead atoms. The van der Waals surface area contributed by atoms with Crippen molar-refractivity contribution < 1.29 is 14.2 Å². The summed E-state index contributed by atoms with van der Waals surface area (Å²) in [7, 11) is 0. The first-order chi connectivity index (χ1) is 15.1. The molecular formula is C25H23N3O3. The van der Waals surface area contributed by atoms with E-state index in [4.69, 9.17) is 14.2 Å². The van der Waals surface area contributed by atoms with Gasteiger partial charge in [0.2, 0.25) is 0 Å². The zero-order valence-electron chi connectivity index (χ0n) is 17.7. The monoisotopic (exact) mass is 413 g/mol. The van der Waals surface area contributed by atoms with Crippen LogP contribution in [0.15, 0.2) is 72.8 Å². The lowest BCUT2D eigenvalue weighted by molar-refractivity contribution is 0.362. The Hall–Kier alpha value is -3.93. The van der Waals surface area contributed by atoms with Gasteiger partial charge in [0.25, 0.3) is 0 Å². The van der Waals surface area contributed by atoms with E-state index in [0.29, 0.717) is 17.2 Å². The van der Waals surface area contributed by atoms with E-state index in [1.165, 1.54) is 0 Å². The average Bonchev–Trinajstić information content (AvgIpc) is 2.74. The number of nitrogens with zero attached hydrogens (tertiary/aromatic N) is 3. The summed E-state index contributed by atoms with van der Waals surface area (Å²) in [5, 5.41) is 0. The third kappa shape index (κ3) is 5.57. The van der Waals surface area contributed by atoms with Gasteiger partial charge in [-0.15, -0.1) is 15.0 Å². The number of hydrogen-bond donors (Lipinski definition) is 0. The number of aromatic nitrogens is 3. The first kappa shape index (κ1) is 20.3. The Bertz CT molecular complexity index is 1130. The lowest BCUT2D eigenvalue weighted by atomic mass is 10.2. The molecule has 0 aliphatic rings. The second-order valence-electron chi connectivity index (χ2n) is 7.12. The van der Waals surface area contributed by atoms with E-state index in [2.05, 4.69) is 21.9 Å². The minimum Gasteiger partial charge on any atom is -0.424 e. The van der Waals surface area contributed by atoms with Gasteiger partial charge in [0.1, 0.15) is 17.2 Å². The van der Waals surface area contributed by atoms with E-state index >= 15 is 0 Å². The van der Waals surface area contributed by atoms with Crippen molar-refractivity contribution in [1.82, 2.24) is 15.0 Å². The summed E-state index contributed by atoms with van der Waals surface area (Å²) in [6.07, 6.45) is 0.901. The Morgan fingerprint density at radius 1 is 0.581 bits per heavy atom. The molecule has 0 fully saturated rings. The van der Waals surface area contributed by atoms with Crippen molar-refractivity contribution in [3.05, 3.63) is 89.5 Å². The van der Waals surface area contributed by atoms with Crippen molar-refractivity contribution in [2.45, 2.75) is 27.2 Å². The van der Waals surface area contributed by atoms with Crippen molar-refractivity contribution in [2.75, 3.05) is 0 Å². The third-order valence-electron chi connectivity index (χ3n) is 4.49. The predicted octanol–water partition coefficient (Wildman–Crippen LogP) is 6.43. The smallest absolute Gasteiger partial charge is 0.331 e. The topological polar surface area (TPSA) is 66.4 Å². The number of ether oxygens (including phenoxy) is 3. The van der Waals surface area contributed by atoms with Gasteiger partial charge in [0, 0.05) is 0 Å². The molecule has 0 atom stereocenters. The summed E-state index contributed by atoms with van der Waals surface area (Å²) < 4.78 is 17.6. The highest BCUT2D eigenvalue weighted by Gasteiger charge is 2.13. The van der Waals surface area contributed by atoms with Gasteiger partial charge in [-0.25, -0.2) is 0 Å². The van der Waals surface area contributed by atoms with E-state index in [0.717, 1.165) is 23.1 Å². The molecule has 0 aliphatic heterocycles. The molecule has 6 nitrogen and oxygen atoms in total. The van der Waals surface area contributed by atoms with Crippen LogP contribution in [0.1, 0.15) is 23.6 Å². The van der Waals surface area contributed by atoms with E-state index < -0.39 is 0 Å². The first-order valence-corrected chi connectivity index (χ1v) is 10.1. The molecule has 4 rings (SSSR count). The fraction of sp³-hybridized carbons (Fsp3) is 0.160. The molecule has 0 saturated carbocycles. The maximum atomic E-state index is 5.90. The summed E-state index contributed by atoms with van der Waals surface area (Å²) in [6.45, 7) is 6.06. The van der Waals surface area contributed by atoms with Crippen molar-refractivity contribution in [3.63, 3.8) is 0 Å². The fourth-order valence-electron chi connectivity index (χ4n) is 2.96. The number of aryl methyl sites for hydroxylation is 3. The summed E-state index contributed by atoms with van der Waals surface area (Å²) in [6, 6.07) is 23.3. The molecule has 6 heteroatoms. The van der Waals surface area contributed by atoms with Crippen LogP contribution in [0.25, 0.3) is 0 Å². The normalized spacial score (nSPS) is 10.5. The van der Waals surface area contributed by atoms with Crippen LogP contribution in [-0.4, -0.2) is 15.0 Å².